The van der Waals surface area contributed by atoms with E-state index in [1.54, 1.807) is 0 Å². The van der Waals surface area contributed by atoms with Gasteiger partial charge in [-0.2, -0.15) is 0 Å². The molecule has 1 saturated carbocycles. The molecule has 1 amide bonds. The van der Waals surface area contributed by atoms with Gasteiger partial charge in [-0.3, -0.25) is 4.79 Å². The van der Waals surface area contributed by atoms with Gasteiger partial charge in [0.2, 0.25) is 0 Å². The summed E-state index contributed by atoms with van der Waals surface area (Å²) in [6, 6.07) is 4.39. The number of nitrogens with one attached hydrogen (secondary N) is 1. The van der Waals surface area contributed by atoms with Gasteiger partial charge < -0.3 is 10.4 Å². The van der Waals surface area contributed by atoms with Crippen LogP contribution in [0.2, 0.25) is 5.02 Å². The molecular weight excluding hydrogens is 250 g/mol. The zero-order chi connectivity index (χ0) is 13.3. The molecule has 1 fully saturated rings. The molecule has 1 aliphatic rings. The molecule has 2 rings (SSSR count). The molecule has 0 aliphatic heterocycles. The zero-order valence-corrected chi connectivity index (χ0v) is 11.4. The lowest BCUT2D eigenvalue weighted by Crippen LogP contribution is -2.32. The molecule has 0 radical (unpaired) electrons. The van der Waals surface area contributed by atoms with E-state index in [-0.39, 0.29) is 17.1 Å². The van der Waals surface area contributed by atoms with Crippen molar-refractivity contribution < 1.29 is 9.90 Å². The highest BCUT2D eigenvalue weighted by Crippen LogP contribution is 2.51. The highest BCUT2D eigenvalue weighted by atomic mass is 35.5. The molecule has 1 aromatic rings. The van der Waals surface area contributed by atoms with Gasteiger partial charge in [0, 0.05) is 6.54 Å². The summed E-state index contributed by atoms with van der Waals surface area (Å²) in [5, 5.41) is 12.7. The van der Waals surface area contributed by atoms with Crippen LogP contribution in [0.5, 0.6) is 5.75 Å². The lowest BCUT2D eigenvalue weighted by atomic mass is 9.92. The van der Waals surface area contributed by atoms with Gasteiger partial charge in [-0.05, 0) is 42.4 Å². The molecule has 0 heterocycles. The summed E-state index contributed by atoms with van der Waals surface area (Å²) in [6.45, 7) is 5.04. The molecule has 0 aromatic heterocycles. The molecule has 18 heavy (non-hydrogen) atoms. The fourth-order valence-electron chi connectivity index (χ4n) is 2.16. The van der Waals surface area contributed by atoms with Gasteiger partial charge in [-0.1, -0.05) is 25.4 Å². The lowest BCUT2D eigenvalue weighted by molar-refractivity contribution is 0.0939. The minimum atomic E-state index is -0.220. The van der Waals surface area contributed by atoms with E-state index >= 15 is 0 Å². The Morgan fingerprint density at radius 3 is 2.72 bits per heavy atom. The molecule has 0 bridgehead atoms. The first-order valence-corrected chi connectivity index (χ1v) is 6.59. The Morgan fingerprint density at radius 1 is 1.50 bits per heavy atom. The minimum absolute atomic E-state index is 0.0505. The minimum Gasteiger partial charge on any atom is -0.508 e. The first kappa shape index (κ1) is 13.2. The van der Waals surface area contributed by atoms with Crippen LogP contribution in [0.25, 0.3) is 0 Å². The van der Waals surface area contributed by atoms with Crippen molar-refractivity contribution in [2.75, 3.05) is 6.54 Å². The maximum Gasteiger partial charge on any atom is 0.252 e. The van der Waals surface area contributed by atoms with E-state index in [4.69, 9.17) is 11.6 Å². The van der Waals surface area contributed by atoms with Crippen molar-refractivity contribution >= 4 is 17.5 Å². The van der Waals surface area contributed by atoms with E-state index in [0.717, 1.165) is 0 Å². The van der Waals surface area contributed by atoms with Crippen molar-refractivity contribution in [3.63, 3.8) is 0 Å². The molecule has 1 aliphatic carbocycles. The summed E-state index contributed by atoms with van der Waals surface area (Å²) in [7, 11) is 0. The third-order valence-corrected chi connectivity index (χ3v) is 4.24. The average Bonchev–Trinajstić information content (AvgIpc) is 3.10. The lowest BCUT2D eigenvalue weighted by Gasteiger charge is -2.20. The van der Waals surface area contributed by atoms with E-state index in [1.807, 2.05) is 0 Å². The number of carbonyl (C=O) groups is 1. The van der Waals surface area contributed by atoms with Gasteiger partial charge in [0.25, 0.3) is 5.91 Å². The summed E-state index contributed by atoms with van der Waals surface area (Å²) in [5.74, 6) is 0.398. The molecule has 2 N–H and O–H groups in total. The van der Waals surface area contributed by atoms with Crippen molar-refractivity contribution in [2.45, 2.75) is 26.7 Å². The number of aromatic hydroxyl groups is 1. The van der Waals surface area contributed by atoms with E-state index < -0.39 is 0 Å². The number of hydrogen-bond acceptors (Lipinski definition) is 2. The van der Waals surface area contributed by atoms with Crippen LogP contribution in [0.1, 0.15) is 37.0 Å². The number of benzene rings is 1. The molecule has 0 unspecified atom stereocenters. The maximum absolute atomic E-state index is 12.0. The van der Waals surface area contributed by atoms with Gasteiger partial charge in [0.15, 0.2) is 0 Å². The Kier molecular flexibility index (Phi) is 3.53. The fourth-order valence-corrected chi connectivity index (χ4v) is 2.36. The van der Waals surface area contributed by atoms with Crippen molar-refractivity contribution in [3.05, 3.63) is 28.8 Å². The Balaban J connectivity index is 2.02. The normalized spacial score (nSPS) is 16.7. The van der Waals surface area contributed by atoms with Crippen molar-refractivity contribution in [2.24, 2.45) is 11.3 Å². The maximum atomic E-state index is 12.0. The van der Waals surface area contributed by atoms with Crippen LogP contribution in [0.4, 0.5) is 0 Å². The van der Waals surface area contributed by atoms with Crippen LogP contribution in [0.3, 0.4) is 0 Å². The van der Waals surface area contributed by atoms with Crippen molar-refractivity contribution in [1.82, 2.24) is 5.32 Å². The van der Waals surface area contributed by atoms with Crippen LogP contribution in [-0.4, -0.2) is 17.6 Å². The van der Waals surface area contributed by atoms with E-state index in [1.165, 1.54) is 31.0 Å². The van der Waals surface area contributed by atoms with E-state index in [9.17, 15) is 9.90 Å². The molecular formula is C14H18ClNO2. The third kappa shape index (κ3) is 2.61. The van der Waals surface area contributed by atoms with Crippen molar-refractivity contribution in [1.29, 1.82) is 0 Å². The second kappa shape index (κ2) is 4.81. The first-order valence-electron chi connectivity index (χ1n) is 6.21. The van der Waals surface area contributed by atoms with Crippen LogP contribution in [0.15, 0.2) is 18.2 Å². The number of phenols is 1. The zero-order valence-electron chi connectivity index (χ0n) is 10.7. The predicted octanol–water partition coefficient (Wildman–Crippen LogP) is 3.21. The van der Waals surface area contributed by atoms with Gasteiger partial charge in [-0.15, -0.1) is 0 Å². The molecule has 4 heteroatoms. The summed E-state index contributed by atoms with van der Waals surface area (Å²) in [5.41, 5.74) is 0.593. The van der Waals surface area contributed by atoms with Gasteiger partial charge >= 0.3 is 0 Å². The van der Waals surface area contributed by atoms with Gasteiger partial charge in [0.1, 0.15) is 5.75 Å². The number of rotatable bonds is 4. The summed E-state index contributed by atoms with van der Waals surface area (Å²) in [4.78, 5) is 12.0. The van der Waals surface area contributed by atoms with E-state index in [2.05, 4.69) is 19.2 Å². The molecule has 3 nitrogen and oxygen atoms in total. The third-order valence-electron chi connectivity index (χ3n) is 3.91. The van der Waals surface area contributed by atoms with Crippen molar-refractivity contribution in [3.8, 4) is 5.75 Å². The monoisotopic (exact) mass is 267 g/mol. The number of carbonyl (C=O) groups excluding carboxylic acids is 1. The quantitative estimate of drug-likeness (QED) is 0.880. The number of hydrogen-bond donors (Lipinski definition) is 2. The summed E-state index contributed by atoms with van der Waals surface area (Å²) >= 11 is 5.95. The number of phenolic OH excluding ortho intramolecular Hbond substituents is 1. The smallest absolute Gasteiger partial charge is 0.252 e. The van der Waals surface area contributed by atoms with Crippen LogP contribution in [-0.2, 0) is 0 Å². The molecule has 98 valence electrons. The van der Waals surface area contributed by atoms with Gasteiger partial charge in [0.05, 0.1) is 10.6 Å². The Bertz CT molecular complexity index is 467. The predicted molar refractivity (Wildman–Crippen MR) is 72.0 cm³/mol. The Hall–Kier alpha value is -1.22. The molecule has 0 atom stereocenters. The highest BCUT2D eigenvalue weighted by molar-refractivity contribution is 6.33. The Labute approximate surface area is 112 Å². The summed E-state index contributed by atoms with van der Waals surface area (Å²) in [6.07, 6.45) is 2.33. The van der Waals surface area contributed by atoms with Crippen LogP contribution >= 0.6 is 11.6 Å². The molecule has 0 saturated heterocycles. The number of halogens is 1. The largest absolute Gasteiger partial charge is 0.508 e. The Morgan fingerprint density at radius 2 is 2.17 bits per heavy atom. The standard InChI is InChI=1S/C14H18ClNO2/c1-9(2)14(5-6-14)8-16-13(18)11-7-10(17)3-4-12(11)15/h3-4,7,9,17H,5-6,8H2,1-2H3,(H,16,18). The first-order chi connectivity index (χ1) is 8.44. The SMILES string of the molecule is CC(C)C1(CNC(=O)c2cc(O)ccc2Cl)CC1. The fraction of sp³-hybridized carbons (Fsp3) is 0.500. The van der Waals surface area contributed by atoms with Gasteiger partial charge in [-0.25, -0.2) is 0 Å². The van der Waals surface area contributed by atoms with Crippen LogP contribution in [0, 0.1) is 11.3 Å². The molecule has 1 aromatic carbocycles. The topological polar surface area (TPSA) is 49.3 Å². The van der Waals surface area contributed by atoms with E-state index in [0.29, 0.717) is 23.0 Å². The highest BCUT2D eigenvalue weighted by Gasteiger charge is 2.45. The van der Waals surface area contributed by atoms with Crippen LogP contribution < -0.4 is 5.32 Å². The second-order valence-electron chi connectivity index (χ2n) is 5.36. The second-order valence-corrected chi connectivity index (χ2v) is 5.77. The number of amides is 1. The average molecular weight is 268 g/mol. The molecule has 0 spiro atoms. The summed E-state index contributed by atoms with van der Waals surface area (Å²) < 4.78 is 0.